The quantitative estimate of drug-likeness (QED) is 0.0623. The molecule has 0 aliphatic rings. The van der Waals surface area contributed by atoms with E-state index in [0.29, 0.717) is 58.5 Å². The third kappa shape index (κ3) is 33.5. The highest BCUT2D eigenvalue weighted by molar-refractivity contribution is 5.82. The molecule has 9 nitrogen and oxygen atoms in total. The van der Waals surface area contributed by atoms with Crippen molar-refractivity contribution < 1.29 is 14.4 Å². The van der Waals surface area contributed by atoms with Crippen LogP contribution in [0.3, 0.4) is 0 Å². The molecule has 0 spiro atoms. The van der Waals surface area contributed by atoms with Crippen LogP contribution in [0, 0.1) is 43.3 Å². The molecule has 0 aromatic heterocycles. The lowest BCUT2D eigenvalue weighted by molar-refractivity contribution is -0.123. The highest BCUT2D eigenvalue weighted by atomic mass is 16.2. The minimum absolute atomic E-state index is 0.000678. The smallest absolute Gasteiger partial charge is 0.221 e. The minimum atomic E-state index is 0.000678. The molecule has 3 N–H and O–H groups in total. The fourth-order valence-electron chi connectivity index (χ4n) is 9.97. The standard InChI is InChI=1S/C53H106N6O3/c1-22-49(12,13)37-53(20,21)41-57-45(62)25-31-58(30-24-42(2)54-38-50(14,15)34-46(3,4)5)28-23-29-59(32-26-43(60)55-39-51(16,17)35-47(6,7)8)33-27-44(61)56-40-52(18,19)36-48(9,10)11/h22-41H2,1-21H3,(H,55,60)(H,56,61)(H,57,62). The predicted molar refractivity (Wildman–Crippen MR) is 269 cm³/mol. The Labute approximate surface area is 385 Å². The SMILES string of the molecule is CCC(C)(C)CC(C)(C)CNC(=O)CCN(CCCN(CCC(=O)NCC(C)(C)CC(C)(C)C)CCC(=O)NCC(C)(C)CC(C)(C)C)CCC(C)=NCC(C)(C)CC(C)(C)C. The van der Waals surface area contributed by atoms with Gasteiger partial charge in [-0.15, -0.1) is 0 Å². The number of carbonyl (C=O) groups is 3. The summed E-state index contributed by atoms with van der Waals surface area (Å²) < 4.78 is 0. The Morgan fingerprint density at radius 1 is 0.419 bits per heavy atom. The molecule has 0 radical (unpaired) electrons. The van der Waals surface area contributed by atoms with Gasteiger partial charge in [-0.05, 0) is 102 Å². The number of rotatable bonds is 30. The molecule has 0 bridgehead atoms. The molecule has 9 heteroatoms. The first-order chi connectivity index (χ1) is 27.8. The second-order valence-corrected chi connectivity index (χ2v) is 27.0. The van der Waals surface area contributed by atoms with Gasteiger partial charge < -0.3 is 25.8 Å². The number of hydrogen-bond acceptors (Lipinski definition) is 6. The number of amides is 3. The highest BCUT2D eigenvalue weighted by Crippen LogP contribution is 2.36. The Hall–Kier alpha value is -2.00. The Balaban J connectivity index is 5.93. The van der Waals surface area contributed by atoms with Crippen molar-refractivity contribution in [3.05, 3.63) is 0 Å². The monoisotopic (exact) mass is 875 g/mol. The van der Waals surface area contributed by atoms with Crippen molar-refractivity contribution in [1.29, 1.82) is 0 Å². The molecule has 0 fully saturated rings. The lowest BCUT2D eigenvalue weighted by atomic mass is 9.73. The van der Waals surface area contributed by atoms with Gasteiger partial charge in [-0.1, -0.05) is 145 Å². The molecule has 0 heterocycles. The van der Waals surface area contributed by atoms with Crippen LogP contribution in [0.15, 0.2) is 4.99 Å². The summed E-state index contributed by atoms with van der Waals surface area (Å²) in [7, 11) is 0. The molecule has 62 heavy (non-hydrogen) atoms. The molecule has 0 saturated carbocycles. The molecule has 366 valence electrons. The highest BCUT2D eigenvalue weighted by Gasteiger charge is 2.30. The maximum absolute atomic E-state index is 13.3. The summed E-state index contributed by atoms with van der Waals surface area (Å²) in [5.74, 6) is 0.210. The molecule has 0 aliphatic heterocycles. The summed E-state index contributed by atoms with van der Waals surface area (Å²) in [5.41, 5.74) is 2.15. The Bertz CT molecular complexity index is 1310. The van der Waals surface area contributed by atoms with Crippen molar-refractivity contribution in [1.82, 2.24) is 25.8 Å². The molecule has 0 atom stereocenters. The van der Waals surface area contributed by atoms with Crippen LogP contribution in [0.4, 0.5) is 0 Å². The lowest BCUT2D eigenvalue weighted by Crippen LogP contribution is -2.40. The van der Waals surface area contributed by atoms with E-state index in [1.165, 1.54) is 0 Å². The van der Waals surface area contributed by atoms with E-state index in [9.17, 15) is 14.4 Å². The average molecular weight is 875 g/mol. The molecular formula is C53H106N6O3. The fraction of sp³-hybridized carbons (Fsp3) is 0.925. The molecule has 0 saturated heterocycles. The van der Waals surface area contributed by atoms with Crippen molar-refractivity contribution in [3.8, 4) is 0 Å². The largest absolute Gasteiger partial charge is 0.356 e. The molecule has 0 aromatic rings. The first-order valence-electron chi connectivity index (χ1n) is 24.6. The zero-order chi connectivity index (χ0) is 48.4. The second-order valence-electron chi connectivity index (χ2n) is 27.0. The Morgan fingerprint density at radius 3 is 1.05 bits per heavy atom. The number of carbonyl (C=O) groups excluding carboxylic acids is 3. The van der Waals surface area contributed by atoms with Gasteiger partial charge in [0.1, 0.15) is 0 Å². The number of nitrogens with zero attached hydrogens (tertiary/aromatic N) is 3. The summed E-state index contributed by atoms with van der Waals surface area (Å²) in [5, 5.41) is 9.69. The number of aliphatic imine (C=N–C) groups is 1. The third-order valence-electron chi connectivity index (χ3n) is 11.7. The number of hydrogen-bond donors (Lipinski definition) is 3. The van der Waals surface area contributed by atoms with Crippen LogP contribution in [-0.2, 0) is 14.4 Å². The van der Waals surface area contributed by atoms with Crippen LogP contribution >= 0.6 is 0 Å². The van der Waals surface area contributed by atoms with Gasteiger partial charge in [-0.2, -0.15) is 0 Å². The van der Waals surface area contributed by atoms with E-state index in [1.807, 2.05) is 0 Å². The van der Waals surface area contributed by atoms with Crippen molar-refractivity contribution in [2.24, 2.45) is 48.3 Å². The zero-order valence-corrected chi connectivity index (χ0v) is 45.2. The van der Waals surface area contributed by atoms with Crippen molar-refractivity contribution in [2.75, 3.05) is 65.4 Å². The van der Waals surface area contributed by atoms with Gasteiger partial charge in [0.25, 0.3) is 0 Å². The zero-order valence-electron chi connectivity index (χ0n) is 45.2. The summed E-state index contributed by atoms with van der Waals surface area (Å²) >= 11 is 0. The van der Waals surface area contributed by atoms with Crippen LogP contribution in [0.5, 0.6) is 0 Å². The minimum Gasteiger partial charge on any atom is -0.356 e. The topological polar surface area (TPSA) is 106 Å². The van der Waals surface area contributed by atoms with Gasteiger partial charge in [0.05, 0.1) is 0 Å². The van der Waals surface area contributed by atoms with Gasteiger partial charge in [-0.3, -0.25) is 19.4 Å². The van der Waals surface area contributed by atoms with Crippen LogP contribution in [0.1, 0.15) is 210 Å². The summed E-state index contributed by atoms with van der Waals surface area (Å²) in [6, 6.07) is 0. The van der Waals surface area contributed by atoms with Gasteiger partial charge in [0.15, 0.2) is 0 Å². The van der Waals surface area contributed by atoms with Crippen molar-refractivity contribution >= 4 is 23.4 Å². The van der Waals surface area contributed by atoms with E-state index in [1.54, 1.807) is 0 Å². The lowest BCUT2D eigenvalue weighted by Gasteiger charge is -2.34. The molecule has 0 rings (SSSR count). The van der Waals surface area contributed by atoms with E-state index in [0.717, 1.165) is 76.8 Å². The first kappa shape index (κ1) is 60.0. The Kier molecular flexibility index (Phi) is 24.8. The van der Waals surface area contributed by atoms with Gasteiger partial charge in [0, 0.05) is 77.3 Å². The fourth-order valence-corrected chi connectivity index (χ4v) is 9.97. The summed E-state index contributed by atoms with van der Waals surface area (Å²) in [6.07, 6.45) is 8.26. The molecule has 0 aromatic carbocycles. The van der Waals surface area contributed by atoms with Gasteiger partial charge in [0.2, 0.25) is 17.7 Å². The normalized spacial score (nSPS) is 14.1. The summed E-state index contributed by atoms with van der Waals surface area (Å²) in [6.45, 7) is 54.4. The average Bonchev–Trinajstić information content (AvgIpc) is 3.06. The number of nitrogens with one attached hydrogen (secondary N) is 3. The van der Waals surface area contributed by atoms with Crippen molar-refractivity contribution in [2.45, 2.75) is 210 Å². The molecular weight excluding hydrogens is 769 g/mol. The first-order valence-corrected chi connectivity index (χ1v) is 24.6. The van der Waals surface area contributed by atoms with E-state index in [2.05, 4.69) is 171 Å². The molecule has 0 aliphatic carbocycles. The van der Waals surface area contributed by atoms with Crippen LogP contribution in [-0.4, -0.2) is 98.7 Å². The maximum Gasteiger partial charge on any atom is 0.221 e. The maximum atomic E-state index is 13.3. The second kappa shape index (κ2) is 25.6. The summed E-state index contributed by atoms with van der Waals surface area (Å²) in [4.78, 5) is 49.5. The third-order valence-corrected chi connectivity index (χ3v) is 11.7. The van der Waals surface area contributed by atoms with Crippen LogP contribution < -0.4 is 16.0 Å². The Morgan fingerprint density at radius 2 is 0.726 bits per heavy atom. The van der Waals surface area contributed by atoms with E-state index < -0.39 is 0 Å². The predicted octanol–water partition coefficient (Wildman–Crippen LogP) is 11.6. The van der Waals surface area contributed by atoms with Crippen LogP contribution in [0.25, 0.3) is 0 Å². The van der Waals surface area contributed by atoms with E-state index >= 15 is 0 Å². The molecule has 3 amide bonds. The molecule has 0 unspecified atom stereocenters. The van der Waals surface area contributed by atoms with Gasteiger partial charge >= 0.3 is 0 Å². The van der Waals surface area contributed by atoms with E-state index in [4.69, 9.17) is 4.99 Å². The van der Waals surface area contributed by atoms with Crippen LogP contribution in [0.2, 0.25) is 0 Å². The van der Waals surface area contributed by atoms with E-state index in [-0.39, 0.29) is 61.0 Å². The van der Waals surface area contributed by atoms with Gasteiger partial charge in [-0.25, -0.2) is 0 Å². The van der Waals surface area contributed by atoms with Crippen molar-refractivity contribution in [3.63, 3.8) is 0 Å².